The second-order valence-corrected chi connectivity index (χ2v) is 8.31. The highest BCUT2D eigenvalue weighted by atomic mass is 35.5. The SMILES string of the molecule is CCCOc1c(Cl)cc(C(=O)NCC2(N3CCOCC3)CCCCC2)cc1OC. The van der Waals surface area contributed by atoms with Crippen LogP contribution in [0.5, 0.6) is 11.5 Å². The van der Waals surface area contributed by atoms with E-state index in [-0.39, 0.29) is 11.4 Å². The van der Waals surface area contributed by atoms with Crippen molar-refractivity contribution in [3.05, 3.63) is 22.7 Å². The van der Waals surface area contributed by atoms with Gasteiger partial charge in [0.25, 0.3) is 5.91 Å². The van der Waals surface area contributed by atoms with E-state index in [4.69, 9.17) is 25.8 Å². The molecule has 0 aromatic heterocycles. The summed E-state index contributed by atoms with van der Waals surface area (Å²) >= 11 is 6.38. The summed E-state index contributed by atoms with van der Waals surface area (Å²) in [5.41, 5.74) is 0.513. The third-order valence-electron chi connectivity index (χ3n) is 5.99. The van der Waals surface area contributed by atoms with Crippen LogP contribution in [0.2, 0.25) is 5.02 Å². The molecule has 0 radical (unpaired) electrons. The van der Waals surface area contributed by atoms with E-state index in [9.17, 15) is 4.79 Å². The van der Waals surface area contributed by atoms with E-state index in [1.807, 2.05) is 6.92 Å². The molecule has 1 N–H and O–H groups in total. The summed E-state index contributed by atoms with van der Waals surface area (Å²) in [6.45, 7) is 6.60. The molecule has 1 aliphatic carbocycles. The molecule has 2 fully saturated rings. The fourth-order valence-corrected chi connectivity index (χ4v) is 4.66. The van der Waals surface area contributed by atoms with Gasteiger partial charge in [-0.2, -0.15) is 0 Å². The number of carbonyl (C=O) groups is 1. The Bertz CT molecular complexity index is 686. The average molecular weight is 425 g/mol. The highest BCUT2D eigenvalue weighted by Crippen LogP contribution is 2.37. The van der Waals surface area contributed by atoms with Gasteiger partial charge in [-0.3, -0.25) is 9.69 Å². The number of halogens is 1. The minimum atomic E-state index is -0.134. The van der Waals surface area contributed by atoms with E-state index in [2.05, 4.69) is 10.2 Å². The molecule has 1 aromatic rings. The second kappa shape index (κ2) is 10.5. The minimum absolute atomic E-state index is 0.0236. The molecular formula is C22H33ClN2O4. The standard InChI is InChI=1S/C22H33ClN2O4/c1-3-11-29-20-18(23)14-17(15-19(20)27-2)21(26)24-16-22(7-5-4-6-8-22)25-9-12-28-13-10-25/h14-15H,3-13,16H2,1-2H3,(H,24,26). The summed E-state index contributed by atoms with van der Waals surface area (Å²) in [4.78, 5) is 15.5. The predicted molar refractivity (Wildman–Crippen MR) is 114 cm³/mol. The Morgan fingerprint density at radius 1 is 1.24 bits per heavy atom. The lowest BCUT2D eigenvalue weighted by molar-refractivity contribution is -0.0361. The van der Waals surface area contributed by atoms with Gasteiger partial charge in [0.05, 0.1) is 32.0 Å². The van der Waals surface area contributed by atoms with Crippen molar-refractivity contribution in [3.63, 3.8) is 0 Å². The van der Waals surface area contributed by atoms with Crippen LogP contribution in [-0.4, -0.2) is 62.9 Å². The largest absolute Gasteiger partial charge is 0.493 e. The first kappa shape index (κ1) is 22.2. The molecule has 1 aliphatic heterocycles. The second-order valence-electron chi connectivity index (χ2n) is 7.91. The Balaban J connectivity index is 1.72. The van der Waals surface area contributed by atoms with Gasteiger partial charge in [0.1, 0.15) is 0 Å². The van der Waals surface area contributed by atoms with E-state index >= 15 is 0 Å². The molecule has 1 heterocycles. The third kappa shape index (κ3) is 5.36. The zero-order chi connectivity index (χ0) is 20.7. The maximum atomic E-state index is 12.9. The van der Waals surface area contributed by atoms with Gasteiger partial charge in [0.15, 0.2) is 11.5 Å². The van der Waals surface area contributed by atoms with Crippen LogP contribution in [0.4, 0.5) is 0 Å². The molecule has 0 unspecified atom stereocenters. The number of morpholine rings is 1. The van der Waals surface area contributed by atoms with Crippen LogP contribution < -0.4 is 14.8 Å². The molecule has 2 aliphatic rings. The van der Waals surface area contributed by atoms with Crippen LogP contribution in [0.1, 0.15) is 55.8 Å². The van der Waals surface area contributed by atoms with Crippen LogP contribution in [0, 0.1) is 0 Å². The Kier molecular flexibility index (Phi) is 8.04. The average Bonchev–Trinajstić information content (AvgIpc) is 2.77. The van der Waals surface area contributed by atoms with Crippen molar-refractivity contribution in [2.45, 2.75) is 51.0 Å². The molecule has 1 saturated carbocycles. The molecule has 29 heavy (non-hydrogen) atoms. The van der Waals surface area contributed by atoms with Gasteiger partial charge in [-0.1, -0.05) is 37.8 Å². The first-order chi connectivity index (χ1) is 14.1. The highest BCUT2D eigenvalue weighted by molar-refractivity contribution is 6.32. The molecule has 1 saturated heterocycles. The summed E-state index contributed by atoms with van der Waals surface area (Å²) in [6.07, 6.45) is 6.77. The normalized spacial score (nSPS) is 19.6. The lowest BCUT2D eigenvalue weighted by atomic mass is 9.79. The van der Waals surface area contributed by atoms with Gasteiger partial charge in [0, 0.05) is 30.7 Å². The molecule has 1 aromatic carbocycles. The monoisotopic (exact) mass is 424 g/mol. The molecule has 3 rings (SSSR count). The summed E-state index contributed by atoms with van der Waals surface area (Å²) in [5, 5.41) is 3.56. The van der Waals surface area contributed by atoms with Crippen molar-refractivity contribution in [2.24, 2.45) is 0 Å². The molecular weight excluding hydrogens is 392 g/mol. The topological polar surface area (TPSA) is 60.0 Å². The Hall–Kier alpha value is -1.50. The van der Waals surface area contributed by atoms with Crippen LogP contribution in [-0.2, 0) is 4.74 Å². The van der Waals surface area contributed by atoms with Gasteiger partial charge < -0.3 is 19.5 Å². The van der Waals surface area contributed by atoms with Crippen molar-refractivity contribution >= 4 is 17.5 Å². The number of nitrogens with one attached hydrogen (secondary N) is 1. The van der Waals surface area contributed by atoms with Crippen molar-refractivity contribution in [2.75, 3.05) is 46.6 Å². The van der Waals surface area contributed by atoms with E-state index in [0.717, 1.165) is 45.6 Å². The van der Waals surface area contributed by atoms with Gasteiger partial charge in [-0.25, -0.2) is 0 Å². The van der Waals surface area contributed by atoms with Crippen LogP contribution in [0.25, 0.3) is 0 Å². The lowest BCUT2D eigenvalue weighted by Crippen LogP contribution is -2.59. The van der Waals surface area contributed by atoms with E-state index in [1.165, 1.54) is 19.3 Å². The number of carbonyl (C=O) groups excluding carboxylic acids is 1. The van der Waals surface area contributed by atoms with Crippen molar-refractivity contribution in [3.8, 4) is 11.5 Å². The number of rotatable bonds is 8. The number of methoxy groups -OCH3 is 1. The quantitative estimate of drug-likeness (QED) is 0.685. The molecule has 0 atom stereocenters. The minimum Gasteiger partial charge on any atom is -0.493 e. The first-order valence-corrected chi connectivity index (χ1v) is 11.1. The summed E-state index contributed by atoms with van der Waals surface area (Å²) < 4.78 is 16.6. The zero-order valence-electron chi connectivity index (χ0n) is 17.6. The Labute approximate surface area is 178 Å². The summed E-state index contributed by atoms with van der Waals surface area (Å²) in [6, 6.07) is 3.36. The highest BCUT2D eigenvalue weighted by Gasteiger charge is 2.38. The molecule has 1 amide bonds. The van der Waals surface area contributed by atoms with E-state index in [1.54, 1.807) is 19.2 Å². The Morgan fingerprint density at radius 3 is 2.62 bits per heavy atom. The van der Waals surface area contributed by atoms with Gasteiger partial charge >= 0.3 is 0 Å². The van der Waals surface area contributed by atoms with Gasteiger partial charge in [-0.05, 0) is 31.4 Å². The number of ether oxygens (including phenoxy) is 3. The van der Waals surface area contributed by atoms with Crippen LogP contribution >= 0.6 is 11.6 Å². The number of amides is 1. The van der Waals surface area contributed by atoms with Gasteiger partial charge in [-0.15, -0.1) is 0 Å². The number of hydrogen-bond donors (Lipinski definition) is 1. The van der Waals surface area contributed by atoms with Crippen LogP contribution in [0.15, 0.2) is 12.1 Å². The van der Waals surface area contributed by atoms with Crippen molar-refractivity contribution in [1.29, 1.82) is 0 Å². The number of benzene rings is 1. The molecule has 0 spiro atoms. The smallest absolute Gasteiger partial charge is 0.251 e. The fraction of sp³-hybridized carbons (Fsp3) is 0.682. The molecule has 0 bridgehead atoms. The fourth-order valence-electron chi connectivity index (χ4n) is 4.39. The summed E-state index contributed by atoms with van der Waals surface area (Å²) in [5.74, 6) is 0.840. The maximum Gasteiger partial charge on any atom is 0.251 e. The van der Waals surface area contributed by atoms with E-state index in [0.29, 0.717) is 35.2 Å². The maximum absolute atomic E-state index is 12.9. The zero-order valence-corrected chi connectivity index (χ0v) is 18.4. The molecule has 6 nitrogen and oxygen atoms in total. The van der Waals surface area contributed by atoms with Crippen molar-refractivity contribution < 1.29 is 19.0 Å². The lowest BCUT2D eigenvalue weighted by Gasteiger charge is -2.48. The van der Waals surface area contributed by atoms with Crippen LogP contribution in [0.3, 0.4) is 0 Å². The molecule has 7 heteroatoms. The van der Waals surface area contributed by atoms with Crippen molar-refractivity contribution in [1.82, 2.24) is 10.2 Å². The summed E-state index contributed by atoms with van der Waals surface area (Å²) in [7, 11) is 1.56. The molecule has 162 valence electrons. The third-order valence-corrected chi connectivity index (χ3v) is 6.27. The van der Waals surface area contributed by atoms with Gasteiger partial charge in [0.2, 0.25) is 0 Å². The Morgan fingerprint density at radius 2 is 1.97 bits per heavy atom. The predicted octanol–water partition coefficient (Wildman–Crippen LogP) is 3.90. The van der Waals surface area contributed by atoms with E-state index < -0.39 is 0 Å². The number of nitrogens with zero attached hydrogens (tertiary/aromatic N) is 1. The number of hydrogen-bond acceptors (Lipinski definition) is 5. The first-order valence-electron chi connectivity index (χ1n) is 10.7.